The first-order valence-corrected chi connectivity index (χ1v) is 10.3. The molecule has 2 aromatic heterocycles. The first kappa shape index (κ1) is 17.3. The van der Waals surface area contributed by atoms with E-state index in [4.69, 9.17) is 0 Å². The van der Waals surface area contributed by atoms with E-state index in [1.807, 2.05) is 29.6 Å². The molecule has 2 N–H and O–H groups in total. The molecule has 0 aliphatic heterocycles. The van der Waals surface area contributed by atoms with Gasteiger partial charge in [-0.1, -0.05) is 45.1 Å². The molecule has 1 amide bonds. The predicted octanol–water partition coefficient (Wildman–Crippen LogP) is 4.75. The third-order valence-electron chi connectivity index (χ3n) is 2.66. The van der Waals surface area contributed by atoms with Crippen LogP contribution in [0.5, 0.6) is 0 Å². The molecule has 0 saturated carbocycles. The summed E-state index contributed by atoms with van der Waals surface area (Å²) in [5.41, 5.74) is 1.86. The fraction of sp³-hybridized carbons (Fsp3) is 0.143. The van der Waals surface area contributed by atoms with Crippen LogP contribution in [0.15, 0.2) is 38.5 Å². The Morgan fingerprint density at radius 2 is 2.21 bits per heavy atom. The molecule has 0 bridgehead atoms. The molecule has 6 nitrogen and oxygen atoms in total. The highest BCUT2D eigenvalue weighted by Crippen LogP contribution is 2.31. The number of halogens is 1. The summed E-state index contributed by atoms with van der Waals surface area (Å²) in [6, 6.07) is 7.87. The van der Waals surface area contributed by atoms with Crippen LogP contribution in [0.4, 0.5) is 16.0 Å². The van der Waals surface area contributed by atoms with Crippen LogP contribution in [0.25, 0.3) is 0 Å². The van der Waals surface area contributed by atoms with Crippen molar-refractivity contribution in [1.29, 1.82) is 0 Å². The fourth-order valence-corrected chi connectivity index (χ4v) is 4.65. The van der Waals surface area contributed by atoms with Crippen molar-refractivity contribution < 1.29 is 4.79 Å². The Morgan fingerprint density at radius 1 is 1.33 bits per heavy atom. The Hall–Kier alpha value is -1.49. The van der Waals surface area contributed by atoms with Crippen molar-refractivity contribution in [3.05, 3.63) is 39.8 Å². The molecule has 0 spiro atoms. The van der Waals surface area contributed by atoms with Crippen molar-refractivity contribution >= 4 is 72.2 Å². The molecule has 0 aliphatic rings. The van der Waals surface area contributed by atoms with Crippen LogP contribution in [-0.2, 0) is 10.5 Å². The summed E-state index contributed by atoms with van der Waals surface area (Å²) >= 11 is 7.91. The minimum atomic E-state index is -0.115. The van der Waals surface area contributed by atoms with E-state index in [0.29, 0.717) is 10.9 Å². The van der Waals surface area contributed by atoms with Gasteiger partial charge < -0.3 is 10.6 Å². The zero-order valence-corrected chi connectivity index (χ0v) is 16.5. The maximum atomic E-state index is 11.0. The molecule has 2 heterocycles. The fourth-order valence-electron chi connectivity index (χ4n) is 1.73. The third kappa shape index (κ3) is 5.00. The maximum Gasteiger partial charge on any atom is 0.223 e. The lowest BCUT2D eigenvalue weighted by Crippen LogP contribution is -2.05. The van der Waals surface area contributed by atoms with Gasteiger partial charge in [0, 0.05) is 28.2 Å². The van der Waals surface area contributed by atoms with Crippen molar-refractivity contribution in [3.63, 3.8) is 0 Å². The zero-order chi connectivity index (χ0) is 16.9. The van der Waals surface area contributed by atoms with E-state index in [9.17, 15) is 4.79 Å². The van der Waals surface area contributed by atoms with Gasteiger partial charge in [0.05, 0.1) is 5.69 Å². The highest BCUT2D eigenvalue weighted by atomic mass is 79.9. The largest absolute Gasteiger partial charge is 0.330 e. The van der Waals surface area contributed by atoms with E-state index in [1.165, 1.54) is 29.6 Å². The van der Waals surface area contributed by atoms with Gasteiger partial charge >= 0.3 is 0 Å². The van der Waals surface area contributed by atoms with Crippen molar-refractivity contribution in [3.8, 4) is 0 Å². The molecule has 0 atom stereocenters. The SMILES string of the molecule is CC(=O)Nc1nc(CSc2nnc(Nc3cccc(Br)c3)s2)cs1. The van der Waals surface area contributed by atoms with Gasteiger partial charge in [0.25, 0.3) is 0 Å². The highest BCUT2D eigenvalue weighted by molar-refractivity contribution is 9.10. The number of aromatic nitrogens is 3. The van der Waals surface area contributed by atoms with E-state index in [-0.39, 0.29) is 5.91 Å². The smallest absolute Gasteiger partial charge is 0.223 e. The third-order valence-corrected chi connectivity index (χ3v) is 5.97. The lowest BCUT2D eigenvalue weighted by molar-refractivity contribution is -0.114. The predicted molar refractivity (Wildman–Crippen MR) is 103 cm³/mol. The Kier molecular flexibility index (Phi) is 5.82. The molecule has 0 saturated heterocycles. The number of rotatable bonds is 6. The molecule has 0 fully saturated rings. The van der Waals surface area contributed by atoms with Crippen molar-refractivity contribution in [2.24, 2.45) is 0 Å². The number of thioether (sulfide) groups is 1. The quantitative estimate of drug-likeness (QED) is 0.537. The number of nitrogens with zero attached hydrogens (tertiary/aromatic N) is 3. The molecule has 0 aliphatic carbocycles. The topological polar surface area (TPSA) is 79.8 Å². The van der Waals surface area contributed by atoms with Crippen LogP contribution >= 0.6 is 50.4 Å². The molecule has 3 aromatic rings. The summed E-state index contributed by atoms with van der Waals surface area (Å²) in [6.07, 6.45) is 0. The van der Waals surface area contributed by atoms with Crippen LogP contribution in [0.1, 0.15) is 12.6 Å². The van der Waals surface area contributed by atoms with Crippen LogP contribution in [0.2, 0.25) is 0 Å². The Bertz CT molecular complexity index is 850. The molecule has 0 unspecified atom stereocenters. The van der Waals surface area contributed by atoms with Crippen molar-refractivity contribution in [2.45, 2.75) is 17.0 Å². The Balaban J connectivity index is 1.56. The maximum absolute atomic E-state index is 11.0. The molecule has 3 rings (SSSR count). The zero-order valence-electron chi connectivity index (χ0n) is 12.4. The first-order chi connectivity index (χ1) is 11.6. The summed E-state index contributed by atoms with van der Waals surface area (Å²) < 4.78 is 1.87. The molecule has 124 valence electrons. The Morgan fingerprint density at radius 3 is 3.00 bits per heavy atom. The number of hydrogen-bond donors (Lipinski definition) is 2. The molecule has 1 aromatic carbocycles. The van der Waals surface area contributed by atoms with E-state index in [1.54, 1.807) is 11.8 Å². The van der Waals surface area contributed by atoms with E-state index in [2.05, 4.69) is 41.7 Å². The first-order valence-electron chi connectivity index (χ1n) is 6.79. The molecular weight excluding hydrogens is 430 g/mol. The number of carbonyl (C=O) groups is 1. The molecule has 24 heavy (non-hydrogen) atoms. The summed E-state index contributed by atoms with van der Waals surface area (Å²) in [4.78, 5) is 15.4. The van der Waals surface area contributed by atoms with Crippen molar-refractivity contribution in [1.82, 2.24) is 15.2 Å². The van der Waals surface area contributed by atoms with Crippen LogP contribution in [0, 0.1) is 0 Å². The van der Waals surface area contributed by atoms with E-state index >= 15 is 0 Å². The lowest BCUT2D eigenvalue weighted by Gasteiger charge is -2.01. The number of nitrogens with one attached hydrogen (secondary N) is 2. The average Bonchev–Trinajstić information content (AvgIpc) is 3.14. The summed E-state index contributed by atoms with van der Waals surface area (Å²) in [5.74, 6) is 0.567. The number of benzene rings is 1. The lowest BCUT2D eigenvalue weighted by atomic mass is 10.3. The number of thiazole rings is 1. The van der Waals surface area contributed by atoms with Gasteiger partial charge in [-0.3, -0.25) is 4.79 Å². The van der Waals surface area contributed by atoms with Gasteiger partial charge in [-0.2, -0.15) is 0 Å². The molecular formula is C14H12BrN5OS3. The van der Waals surface area contributed by atoms with Gasteiger partial charge in [0.15, 0.2) is 9.47 Å². The number of hydrogen-bond acceptors (Lipinski definition) is 8. The van der Waals surface area contributed by atoms with E-state index < -0.39 is 0 Å². The van der Waals surface area contributed by atoms with Crippen LogP contribution in [0.3, 0.4) is 0 Å². The number of carbonyl (C=O) groups excluding carboxylic acids is 1. The van der Waals surface area contributed by atoms with Crippen molar-refractivity contribution in [2.75, 3.05) is 10.6 Å². The second-order valence-electron chi connectivity index (χ2n) is 4.62. The van der Waals surface area contributed by atoms with Gasteiger partial charge in [-0.25, -0.2) is 4.98 Å². The Labute approximate surface area is 159 Å². The monoisotopic (exact) mass is 441 g/mol. The second-order valence-corrected chi connectivity index (χ2v) is 8.60. The normalized spacial score (nSPS) is 10.6. The second kappa shape index (κ2) is 8.06. The van der Waals surface area contributed by atoms with Crippen LogP contribution < -0.4 is 10.6 Å². The number of amides is 1. The van der Waals surface area contributed by atoms with Gasteiger partial charge in [-0.05, 0) is 18.2 Å². The summed E-state index contributed by atoms with van der Waals surface area (Å²) in [7, 11) is 0. The number of anilines is 3. The van der Waals surface area contributed by atoms with Gasteiger partial charge in [0.2, 0.25) is 11.0 Å². The van der Waals surface area contributed by atoms with E-state index in [0.717, 1.165) is 25.3 Å². The molecule has 10 heteroatoms. The standard InChI is InChI=1S/C14H12BrN5OS3/c1-8(21)16-12-18-11(6-22-12)7-23-14-20-19-13(24-14)17-10-4-2-3-9(15)5-10/h2-6H,7H2,1H3,(H,17,19)(H,16,18,21). The summed E-state index contributed by atoms with van der Waals surface area (Å²) in [5, 5.41) is 17.5. The van der Waals surface area contributed by atoms with Gasteiger partial charge in [0.1, 0.15) is 0 Å². The van der Waals surface area contributed by atoms with Crippen LogP contribution in [-0.4, -0.2) is 21.1 Å². The average molecular weight is 442 g/mol. The van der Waals surface area contributed by atoms with Gasteiger partial charge in [-0.15, -0.1) is 21.5 Å². The minimum absolute atomic E-state index is 0.115. The summed E-state index contributed by atoms with van der Waals surface area (Å²) in [6.45, 7) is 1.47. The highest BCUT2D eigenvalue weighted by Gasteiger charge is 2.08. The molecule has 0 radical (unpaired) electrons. The minimum Gasteiger partial charge on any atom is -0.330 e.